The van der Waals surface area contributed by atoms with Crippen LogP contribution in [0.5, 0.6) is 0 Å². The maximum atomic E-state index is 10.6. The molecule has 0 aliphatic heterocycles. The Balaban J connectivity index is 0. The topological polar surface area (TPSA) is 55.8 Å². The Bertz CT molecular complexity index is 152. The van der Waals surface area contributed by atoms with Gasteiger partial charge in [-0.15, -0.1) is 0 Å². The molecule has 0 radical (unpaired) electrons. The summed E-state index contributed by atoms with van der Waals surface area (Å²) in [5.41, 5.74) is 0.348. The molecule has 4 heteroatoms. The van der Waals surface area contributed by atoms with E-state index in [1.54, 1.807) is 28.1 Å². The molecule has 0 rings (SSSR count). The second-order valence-corrected chi connectivity index (χ2v) is 2.64. The molecule has 0 aromatic rings. The first kappa shape index (κ1) is 14.6. The van der Waals surface area contributed by atoms with Gasteiger partial charge in [0.1, 0.15) is 6.61 Å². The number of rotatable bonds is 3. The molecule has 1 unspecified atom stereocenters. The van der Waals surface area contributed by atoms with E-state index in [0.717, 1.165) is 0 Å². The minimum absolute atomic E-state index is 0.0334. The highest BCUT2D eigenvalue weighted by Crippen LogP contribution is 1.92. The smallest absolute Gasteiger partial charge is 0.333 e. The summed E-state index contributed by atoms with van der Waals surface area (Å²) in [7, 11) is 3.25. The summed E-state index contributed by atoms with van der Waals surface area (Å²) in [6.45, 7) is 6.52. The molecule has 4 nitrogen and oxygen atoms in total. The van der Waals surface area contributed by atoms with Crippen LogP contribution in [-0.4, -0.2) is 38.0 Å². The van der Waals surface area contributed by atoms with E-state index in [0.29, 0.717) is 5.57 Å². The fourth-order valence-corrected chi connectivity index (χ4v) is 0.319. The molecule has 0 saturated carbocycles. The third-order valence-electron chi connectivity index (χ3n) is 0.804. The number of hydrogen-bond donors (Lipinski definition) is 1. The zero-order valence-corrected chi connectivity index (χ0v) is 8.66. The molecule has 0 aromatic heterocycles. The minimum Gasteiger partial charge on any atom is -0.460 e. The quantitative estimate of drug-likeness (QED) is 0.527. The Labute approximate surface area is 79.2 Å². The Morgan fingerprint density at radius 2 is 1.92 bits per heavy atom. The summed E-state index contributed by atoms with van der Waals surface area (Å²) in [6.07, 6.45) is -0.608. The molecule has 0 saturated heterocycles. The van der Waals surface area contributed by atoms with E-state index in [4.69, 9.17) is 5.11 Å². The fraction of sp³-hybridized carbons (Fsp3) is 0.667. The first-order valence-electron chi connectivity index (χ1n) is 3.86. The predicted molar refractivity (Wildman–Crippen MR) is 50.4 cm³/mol. The summed E-state index contributed by atoms with van der Waals surface area (Å²) in [5.74, 6) is -0.457. The van der Waals surface area contributed by atoms with Gasteiger partial charge in [-0.05, 0) is 13.8 Å². The molecule has 0 aliphatic rings. The summed E-state index contributed by atoms with van der Waals surface area (Å²) in [4.78, 5) is 10.6. The zero-order valence-electron chi connectivity index (χ0n) is 8.66. The van der Waals surface area contributed by atoms with Crippen molar-refractivity contribution in [1.29, 1.82) is 0 Å². The van der Waals surface area contributed by atoms with Crippen molar-refractivity contribution in [2.75, 3.05) is 20.8 Å². The van der Waals surface area contributed by atoms with E-state index in [1.807, 2.05) is 0 Å². The van der Waals surface area contributed by atoms with Crippen molar-refractivity contribution in [3.8, 4) is 0 Å². The summed E-state index contributed by atoms with van der Waals surface area (Å²) >= 11 is 0. The van der Waals surface area contributed by atoms with E-state index >= 15 is 0 Å². The highest BCUT2D eigenvalue weighted by Gasteiger charge is 2.03. The van der Waals surface area contributed by atoms with Crippen LogP contribution >= 0.6 is 0 Å². The molecule has 0 heterocycles. The lowest BCUT2D eigenvalue weighted by atomic mass is 10.3. The lowest BCUT2D eigenvalue weighted by Crippen LogP contribution is -2.15. The fourth-order valence-electron chi connectivity index (χ4n) is 0.319. The van der Waals surface area contributed by atoms with Crippen molar-refractivity contribution in [2.45, 2.75) is 20.0 Å². The Hall–Kier alpha value is -0.870. The van der Waals surface area contributed by atoms with Crippen LogP contribution < -0.4 is 0 Å². The van der Waals surface area contributed by atoms with Crippen LogP contribution in [0.4, 0.5) is 0 Å². The van der Waals surface area contributed by atoms with Gasteiger partial charge in [0, 0.05) is 19.8 Å². The molecule has 13 heavy (non-hydrogen) atoms. The molecule has 78 valence electrons. The van der Waals surface area contributed by atoms with Crippen LogP contribution in [0.25, 0.3) is 0 Å². The first-order valence-corrected chi connectivity index (χ1v) is 3.86. The predicted octanol–water partition coefficient (Wildman–Crippen LogP) is 0.749. The van der Waals surface area contributed by atoms with Gasteiger partial charge in [-0.3, -0.25) is 0 Å². The number of aliphatic hydroxyl groups is 1. The van der Waals surface area contributed by atoms with Crippen LogP contribution in [0.1, 0.15) is 13.8 Å². The second-order valence-electron chi connectivity index (χ2n) is 2.64. The third-order valence-corrected chi connectivity index (χ3v) is 0.804. The largest absolute Gasteiger partial charge is 0.460 e. The van der Waals surface area contributed by atoms with Crippen LogP contribution in [0.2, 0.25) is 0 Å². The molecule has 1 atom stereocenters. The Morgan fingerprint density at radius 3 is 2.15 bits per heavy atom. The lowest BCUT2D eigenvalue weighted by Gasteiger charge is -2.04. The molecule has 0 spiro atoms. The molecule has 0 bridgehead atoms. The molecular weight excluding hydrogens is 172 g/mol. The number of carbonyl (C=O) groups excluding carboxylic acids is 1. The molecule has 0 amide bonds. The van der Waals surface area contributed by atoms with Crippen molar-refractivity contribution in [2.24, 2.45) is 0 Å². The summed E-state index contributed by atoms with van der Waals surface area (Å²) in [6, 6.07) is 0. The van der Waals surface area contributed by atoms with Crippen molar-refractivity contribution < 1.29 is 19.4 Å². The lowest BCUT2D eigenvalue weighted by molar-refractivity contribution is -0.141. The number of aliphatic hydroxyl groups excluding tert-OH is 1. The average molecular weight is 190 g/mol. The normalized spacial score (nSPS) is 10.8. The highest BCUT2D eigenvalue weighted by molar-refractivity contribution is 5.86. The van der Waals surface area contributed by atoms with Gasteiger partial charge >= 0.3 is 5.97 Å². The maximum absolute atomic E-state index is 10.6. The van der Waals surface area contributed by atoms with Gasteiger partial charge in [0.2, 0.25) is 0 Å². The number of esters is 1. The highest BCUT2D eigenvalue weighted by atomic mass is 16.5. The van der Waals surface area contributed by atoms with Crippen LogP contribution in [0, 0.1) is 0 Å². The molecular formula is C9H18O4. The molecule has 0 aliphatic carbocycles. The van der Waals surface area contributed by atoms with Crippen molar-refractivity contribution >= 4 is 5.97 Å². The van der Waals surface area contributed by atoms with Gasteiger partial charge in [0.25, 0.3) is 0 Å². The van der Waals surface area contributed by atoms with E-state index in [1.165, 1.54) is 0 Å². The zero-order chi connectivity index (χ0) is 10.9. The molecule has 0 aromatic carbocycles. The van der Waals surface area contributed by atoms with Gasteiger partial charge in [-0.25, -0.2) is 4.79 Å². The van der Waals surface area contributed by atoms with Gasteiger partial charge in [0.15, 0.2) is 0 Å². The van der Waals surface area contributed by atoms with Crippen LogP contribution in [0.3, 0.4) is 0 Å². The average Bonchev–Trinajstić information content (AvgIpc) is 2.01. The van der Waals surface area contributed by atoms with Crippen molar-refractivity contribution in [3.05, 3.63) is 12.2 Å². The molecule has 0 fully saturated rings. The van der Waals surface area contributed by atoms with Gasteiger partial charge < -0.3 is 14.6 Å². The minimum atomic E-state index is -0.608. The summed E-state index contributed by atoms with van der Waals surface area (Å²) in [5, 5.41) is 8.68. The Kier molecular flexibility index (Phi) is 10.4. The van der Waals surface area contributed by atoms with Crippen LogP contribution in [-0.2, 0) is 14.3 Å². The van der Waals surface area contributed by atoms with Crippen LogP contribution in [0.15, 0.2) is 12.2 Å². The summed E-state index contributed by atoms with van der Waals surface area (Å²) < 4.78 is 8.83. The number of ether oxygens (including phenoxy) is 2. The Morgan fingerprint density at radius 1 is 1.54 bits per heavy atom. The standard InChI is InChI=1S/C7H12O3.C2H6O/c1-5(2)7(9)10-4-6(3)8;1-3-2/h6,8H,1,4H2,2-3H3;1-2H3. The first-order chi connectivity index (χ1) is 5.95. The molecule has 1 N–H and O–H groups in total. The second kappa shape index (κ2) is 9.22. The number of carbonyl (C=O) groups is 1. The van der Waals surface area contributed by atoms with Gasteiger partial charge in [-0.2, -0.15) is 0 Å². The monoisotopic (exact) mass is 190 g/mol. The van der Waals surface area contributed by atoms with Gasteiger partial charge in [0.05, 0.1) is 6.10 Å². The van der Waals surface area contributed by atoms with E-state index < -0.39 is 12.1 Å². The maximum Gasteiger partial charge on any atom is 0.333 e. The van der Waals surface area contributed by atoms with Crippen molar-refractivity contribution in [3.63, 3.8) is 0 Å². The van der Waals surface area contributed by atoms with E-state index in [9.17, 15) is 4.79 Å². The number of hydrogen-bond acceptors (Lipinski definition) is 4. The number of methoxy groups -OCH3 is 1. The van der Waals surface area contributed by atoms with Gasteiger partial charge in [-0.1, -0.05) is 6.58 Å². The van der Waals surface area contributed by atoms with Crippen molar-refractivity contribution in [1.82, 2.24) is 0 Å². The third kappa shape index (κ3) is 14.0. The van der Waals surface area contributed by atoms with E-state index in [2.05, 4.69) is 16.1 Å². The SMILES string of the molecule is C=C(C)C(=O)OCC(C)O.COC. The van der Waals surface area contributed by atoms with E-state index in [-0.39, 0.29) is 6.61 Å².